The van der Waals surface area contributed by atoms with Crippen LogP contribution < -0.4 is 15.6 Å². The predicted octanol–water partition coefficient (Wildman–Crippen LogP) is 2.91. The molecule has 0 atom stereocenters. The quantitative estimate of drug-likeness (QED) is 0.424. The van der Waals surface area contributed by atoms with E-state index in [2.05, 4.69) is 35.7 Å². The molecule has 1 aromatic heterocycles. The molecule has 1 aliphatic heterocycles. The largest absolute Gasteiger partial charge is 0.508 e. The Hall–Kier alpha value is -3.72. The van der Waals surface area contributed by atoms with Gasteiger partial charge >= 0.3 is 0 Å². The molecule has 9 heteroatoms. The fourth-order valence-electron chi connectivity index (χ4n) is 2.91. The first-order valence-corrected chi connectivity index (χ1v) is 9.66. The Bertz CT molecular complexity index is 1020. The molecule has 154 valence electrons. The zero-order valence-corrected chi connectivity index (χ0v) is 16.6. The van der Waals surface area contributed by atoms with Gasteiger partial charge in [0.2, 0.25) is 17.8 Å². The molecule has 3 N–H and O–H groups in total. The van der Waals surface area contributed by atoms with Gasteiger partial charge in [-0.05, 0) is 36.8 Å². The van der Waals surface area contributed by atoms with Crippen molar-refractivity contribution in [2.24, 2.45) is 5.10 Å². The fourth-order valence-corrected chi connectivity index (χ4v) is 2.91. The number of aromatic hydroxyl groups is 1. The lowest BCUT2D eigenvalue weighted by Gasteiger charge is -2.27. The third-order valence-corrected chi connectivity index (χ3v) is 4.47. The molecule has 4 rings (SSSR count). The second-order valence-electron chi connectivity index (χ2n) is 6.84. The van der Waals surface area contributed by atoms with Gasteiger partial charge in [-0.1, -0.05) is 29.8 Å². The highest BCUT2D eigenvalue weighted by atomic mass is 16.5. The van der Waals surface area contributed by atoms with Crippen LogP contribution in [0.4, 0.5) is 23.5 Å². The van der Waals surface area contributed by atoms with E-state index in [1.165, 1.54) is 5.56 Å². The summed E-state index contributed by atoms with van der Waals surface area (Å²) in [7, 11) is 0. The number of rotatable bonds is 6. The van der Waals surface area contributed by atoms with E-state index in [1.54, 1.807) is 24.4 Å². The van der Waals surface area contributed by atoms with Crippen LogP contribution in [-0.2, 0) is 4.74 Å². The molecule has 2 heterocycles. The van der Waals surface area contributed by atoms with Crippen LogP contribution in [0.25, 0.3) is 0 Å². The summed E-state index contributed by atoms with van der Waals surface area (Å²) in [5.74, 6) is 1.47. The zero-order valence-electron chi connectivity index (χ0n) is 16.6. The molecule has 0 bridgehead atoms. The van der Waals surface area contributed by atoms with E-state index in [-0.39, 0.29) is 5.75 Å². The summed E-state index contributed by atoms with van der Waals surface area (Å²) < 4.78 is 5.42. The van der Waals surface area contributed by atoms with Crippen molar-refractivity contribution < 1.29 is 9.84 Å². The molecule has 0 unspecified atom stereocenters. The Morgan fingerprint density at radius 1 is 1.03 bits per heavy atom. The van der Waals surface area contributed by atoms with E-state index < -0.39 is 0 Å². The molecule has 1 aliphatic rings. The molecule has 1 fully saturated rings. The predicted molar refractivity (Wildman–Crippen MR) is 117 cm³/mol. The molecule has 2 aromatic carbocycles. The Labute approximate surface area is 174 Å². The third kappa shape index (κ3) is 5.21. The van der Waals surface area contributed by atoms with Crippen molar-refractivity contribution >= 4 is 29.7 Å². The number of hydrogen-bond acceptors (Lipinski definition) is 9. The molecular weight excluding hydrogens is 382 g/mol. The summed E-state index contributed by atoms with van der Waals surface area (Å²) >= 11 is 0. The van der Waals surface area contributed by atoms with Gasteiger partial charge in [-0.3, -0.25) is 0 Å². The van der Waals surface area contributed by atoms with Crippen LogP contribution in [0.3, 0.4) is 0 Å². The number of morpholine rings is 1. The minimum Gasteiger partial charge on any atom is -0.508 e. The molecule has 1 saturated heterocycles. The van der Waals surface area contributed by atoms with Gasteiger partial charge in [0.15, 0.2) is 0 Å². The summed E-state index contributed by atoms with van der Waals surface area (Å²) in [6, 6.07) is 14.8. The van der Waals surface area contributed by atoms with Gasteiger partial charge in [-0.2, -0.15) is 20.1 Å². The molecule has 3 aromatic rings. The van der Waals surface area contributed by atoms with Crippen LogP contribution in [0.2, 0.25) is 0 Å². The summed E-state index contributed by atoms with van der Waals surface area (Å²) in [5.41, 5.74) is 5.67. The van der Waals surface area contributed by atoms with Crippen molar-refractivity contribution in [3.8, 4) is 5.75 Å². The van der Waals surface area contributed by atoms with Crippen LogP contribution in [0, 0.1) is 6.92 Å². The van der Waals surface area contributed by atoms with Gasteiger partial charge in [0.25, 0.3) is 0 Å². The van der Waals surface area contributed by atoms with Crippen molar-refractivity contribution in [3.63, 3.8) is 0 Å². The lowest BCUT2D eigenvalue weighted by Crippen LogP contribution is -2.37. The summed E-state index contributed by atoms with van der Waals surface area (Å²) in [6.45, 7) is 4.71. The molecule has 9 nitrogen and oxygen atoms in total. The van der Waals surface area contributed by atoms with Gasteiger partial charge in [-0.25, -0.2) is 5.43 Å². The van der Waals surface area contributed by atoms with Crippen LogP contribution >= 0.6 is 0 Å². The van der Waals surface area contributed by atoms with Crippen molar-refractivity contribution in [2.75, 3.05) is 41.9 Å². The summed E-state index contributed by atoms with van der Waals surface area (Å²) in [5, 5.41) is 17.0. The Kier molecular flexibility index (Phi) is 6.00. The first-order chi connectivity index (χ1) is 14.7. The first-order valence-electron chi connectivity index (χ1n) is 9.66. The van der Waals surface area contributed by atoms with Crippen LogP contribution in [0.1, 0.15) is 11.1 Å². The van der Waals surface area contributed by atoms with E-state index in [0.717, 1.165) is 11.3 Å². The number of ether oxygens (including phenoxy) is 1. The maximum Gasteiger partial charge on any atom is 0.250 e. The molecule has 0 radical (unpaired) electrons. The average Bonchev–Trinajstić information content (AvgIpc) is 2.76. The number of phenols is 1. The van der Waals surface area contributed by atoms with Crippen molar-refractivity contribution in [1.82, 2.24) is 15.0 Å². The van der Waals surface area contributed by atoms with E-state index >= 15 is 0 Å². The van der Waals surface area contributed by atoms with Crippen molar-refractivity contribution in [1.29, 1.82) is 0 Å². The number of phenolic OH excluding ortho intramolecular Hbond substituents is 1. The van der Waals surface area contributed by atoms with Crippen LogP contribution in [-0.4, -0.2) is 52.6 Å². The lowest BCUT2D eigenvalue weighted by molar-refractivity contribution is 0.122. The second kappa shape index (κ2) is 9.19. The van der Waals surface area contributed by atoms with Gasteiger partial charge in [0.1, 0.15) is 5.75 Å². The number of anilines is 4. The molecule has 30 heavy (non-hydrogen) atoms. The Morgan fingerprint density at radius 2 is 1.80 bits per heavy atom. The first kappa shape index (κ1) is 19.6. The fraction of sp³-hybridized carbons (Fsp3) is 0.238. The summed E-state index contributed by atoms with van der Waals surface area (Å²) in [4.78, 5) is 15.5. The molecule has 0 aliphatic carbocycles. The highest BCUT2D eigenvalue weighted by Crippen LogP contribution is 2.19. The molecule has 0 saturated carbocycles. The molecular formula is C21H23N7O2. The topological polar surface area (TPSA) is 108 Å². The van der Waals surface area contributed by atoms with E-state index in [1.807, 2.05) is 37.3 Å². The normalized spacial score (nSPS) is 14.1. The summed E-state index contributed by atoms with van der Waals surface area (Å²) in [6.07, 6.45) is 1.59. The minimum atomic E-state index is 0.179. The van der Waals surface area contributed by atoms with E-state index in [0.29, 0.717) is 44.1 Å². The van der Waals surface area contributed by atoms with Gasteiger partial charge in [0.05, 0.1) is 19.4 Å². The Balaban J connectivity index is 1.56. The van der Waals surface area contributed by atoms with Gasteiger partial charge in [-0.15, -0.1) is 0 Å². The highest BCUT2D eigenvalue weighted by molar-refractivity contribution is 5.80. The third-order valence-electron chi connectivity index (χ3n) is 4.47. The number of benzene rings is 2. The number of hydrogen-bond donors (Lipinski definition) is 3. The number of nitrogens with zero attached hydrogens (tertiary/aromatic N) is 5. The Morgan fingerprint density at radius 3 is 2.57 bits per heavy atom. The average molecular weight is 405 g/mol. The number of aryl methyl sites for hydroxylation is 1. The van der Waals surface area contributed by atoms with E-state index in [9.17, 15) is 5.11 Å². The monoisotopic (exact) mass is 405 g/mol. The molecule has 0 amide bonds. The SMILES string of the molecule is Cc1ccc(Nc2nc(N/N=C\c3cccc(O)c3)nc(N3CCOCC3)n2)cc1. The number of hydrazone groups is 1. The highest BCUT2D eigenvalue weighted by Gasteiger charge is 2.16. The molecule has 0 spiro atoms. The maximum absolute atomic E-state index is 9.56. The van der Waals surface area contributed by atoms with Gasteiger partial charge in [0, 0.05) is 18.8 Å². The standard InChI is InChI=1S/C21H23N7O2/c1-15-5-7-17(8-6-15)23-19-24-20(26-21(25-19)28-9-11-30-12-10-28)27-22-14-16-3-2-4-18(29)13-16/h2-8,13-14,29H,9-12H2,1H3,(H2,23,24,25,26,27)/b22-14-. The number of aromatic nitrogens is 3. The zero-order chi connectivity index (χ0) is 20.8. The van der Waals surface area contributed by atoms with Gasteiger partial charge < -0.3 is 20.1 Å². The van der Waals surface area contributed by atoms with Crippen molar-refractivity contribution in [2.45, 2.75) is 6.92 Å². The smallest absolute Gasteiger partial charge is 0.250 e. The maximum atomic E-state index is 9.56. The lowest BCUT2D eigenvalue weighted by atomic mass is 10.2. The minimum absolute atomic E-state index is 0.179. The van der Waals surface area contributed by atoms with Crippen molar-refractivity contribution in [3.05, 3.63) is 59.7 Å². The second-order valence-corrected chi connectivity index (χ2v) is 6.84. The van der Waals surface area contributed by atoms with Crippen LogP contribution in [0.5, 0.6) is 5.75 Å². The number of nitrogens with one attached hydrogen (secondary N) is 2. The van der Waals surface area contributed by atoms with E-state index in [4.69, 9.17) is 4.74 Å². The van der Waals surface area contributed by atoms with Crippen LogP contribution in [0.15, 0.2) is 53.6 Å².